The van der Waals surface area contributed by atoms with Crippen LogP contribution >= 0.6 is 0 Å². The molecule has 0 fully saturated rings. The molecule has 4 aromatic carbocycles. The standard InChI is InChI=1S/C36H32O10/c1-21(2)41-34(39)44-26-10-6-22(7-11-26)32(37)42-28-14-16-30-24(19-28)18-25-20-29(15-17-31(25)30)43-33(38)23-8-12-27(13-9-23)45-35(40)46-36(3,4)5/h6-17,19-21H,18H2,1-5H3. The number of ether oxygens (including phenoxy) is 6. The maximum Gasteiger partial charge on any atom is 0.514 e. The van der Waals surface area contributed by atoms with Gasteiger partial charge in [-0.25, -0.2) is 19.2 Å². The Morgan fingerprint density at radius 1 is 0.565 bits per heavy atom. The Kier molecular flexibility index (Phi) is 9.08. The van der Waals surface area contributed by atoms with Crippen LogP contribution in [-0.2, 0) is 15.9 Å². The van der Waals surface area contributed by atoms with Gasteiger partial charge in [-0.1, -0.05) is 12.1 Å². The molecule has 0 radical (unpaired) electrons. The third-order valence-corrected chi connectivity index (χ3v) is 6.55. The quantitative estimate of drug-likeness (QED) is 0.100. The fourth-order valence-corrected chi connectivity index (χ4v) is 4.62. The van der Waals surface area contributed by atoms with Crippen LogP contribution in [0.15, 0.2) is 84.9 Å². The molecular weight excluding hydrogens is 592 g/mol. The molecule has 0 N–H and O–H groups in total. The van der Waals surface area contributed by atoms with Gasteiger partial charge < -0.3 is 28.4 Å². The predicted molar refractivity (Wildman–Crippen MR) is 167 cm³/mol. The van der Waals surface area contributed by atoms with Gasteiger partial charge in [-0.3, -0.25) is 0 Å². The van der Waals surface area contributed by atoms with E-state index in [4.69, 9.17) is 28.4 Å². The van der Waals surface area contributed by atoms with E-state index in [0.717, 1.165) is 22.3 Å². The molecule has 0 atom stereocenters. The zero-order valence-electron chi connectivity index (χ0n) is 25.9. The van der Waals surface area contributed by atoms with Gasteiger partial charge in [0.2, 0.25) is 0 Å². The first-order chi connectivity index (χ1) is 21.8. The van der Waals surface area contributed by atoms with Crippen LogP contribution in [0.3, 0.4) is 0 Å². The van der Waals surface area contributed by atoms with Crippen molar-refractivity contribution in [2.24, 2.45) is 0 Å². The summed E-state index contributed by atoms with van der Waals surface area (Å²) in [5.41, 5.74) is 3.76. The van der Waals surface area contributed by atoms with Crippen LogP contribution in [0, 0.1) is 0 Å². The molecule has 0 heterocycles. The Morgan fingerprint density at radius 2 is 0.978 bits per heavy atom. The smallest absolute Gasteiger partial charge is 0.431 e. The highest BCUT2D eigenvalue weighted by atomic mass is 16.7. The lowest BCUT2D eigenvalue weighted by Gasteiger charge is -2.18. The average Bonchev–Trinajstić information content (AvgIpc) is 3.33. The van der Waals surface area contributed by atoms with Crippen molar-refractivity contribution >= 4 is 24.2 Å². The lowest BCUT2D eigenvalue weighted by atomic mass is 10.1. The Morgan fingerprint density at radius 3 is 1.39 bits per heavy atom. The van der Waals surface area contributed by atoms with Gasteiger partial charge in [-0.15, -0.1) is 0 Å². The molecule has 236 valence electrons. The van der Waals surface area contributed by atoms with Gasteiger partial charge in [0.1, 0.15) is 28.6 Å². The summed E-state index contributed by atoms with van der Waals surface area (Å²) in [7, 11) is 0. The number of rotatable bonds is 7. The minimum atomic E-state index is -0.837. The number of carbonyl (C=O) groups excluding carboxylic acids is 4. The molecule has 0 aliphatic heterocycles. The van der Waals surface area contributed by atoms with E-state index >= 15 is 0 Å². The maximum absolute atomic E-state index is 12.8. The maximum atomic E-state index is 12.8. The molecule has 5 rings (SSSR count). The highest BCUT2D eigenvalue weighted by Crippen LogP contribution is 2.40. The van der Waals surface area contributed by atoms with Crippen LogP contribution in [-0.4, -0.2) is 36.0 Å². The lowest BCUT2D eigenvalue weighted by Crippen LogP contribution is -2.25. The number of esters is 2. The van der Waals surface area contributed by atoms with Crippen LogP contribution in [0.25, 0.3) is 11.1 Å². The zero-order chi connectivity index (χ0) is 33.0. The fourth-order valence-electron chi connectivity index (χ4n) is 4.62. The van der Waals surface area contributed by atoms with Gasteiger partial charge >= 0.3 is 24.2 Å². The van der Waals surface area contributed by atoms with Crippen molar-refractivity contribution in [3.63, 3.8) is 0 Å². The largest absolute Gasteiger partial charge is 0.514 e. The fraction of sp³-hybridized carbons (Fsp3) is 0.222. The highest BCUT2D eigenvalue weighted by Gasteiger charge is 2.22. The molecule has 0 saturated heterocycles. The molecule has 1 aliphatic rings. The Hall–Kier alpha value is -5.64. The number of hydrogen-bond donors (Lipinski definition) is 0. The second-order valence-corrected chi connectivity index (χ2v) is 11.7. The van der Waals surface area contributed by atoms with Gasteiger partial charge in [0.25, 0.3) is 0 Å². The minimum absolute atomic E-state index is 0.236. The van der Waals surface area contributed by atoms with E-state index in [1.807, 2.05) is 12.1 Å². The van der Waals surface area contributed by atoms with E-state index < -0.39 is 29.9 Å². The molecule has 0 saturated carbocycles. The summed E-state index contributed by atoms with van der Waals surface area (Å²) in [4.78, 5) is 49.1. The Balaban J connectivity index is 1.18. The monoisotopic (exact) mass is 624 g/mol. The molecule has 1 aliphatic carbocycles. The van der Waals surface area contributed by atoms with E-state index in [0.29, 0.717) is 17.9 Å². The summed E-state index contributed by atoms with van der Waals surface area (Å²) in [5.74, 6) is 0.101. The Labute approximate surface area is 265 Å². The van der Waals surface area contributed by atoms with Gasteiger partial charge in [-0.2, -0.15) is 0 Å². The molecular formula is C36H32O10. The summed E-state index contributed by atoms with van der Waals surface area (Å²) in [6.45, 7) is 8.62. The SMILES string of the molecule is CC(C)OC(=O)Oc1ccc(C(=O)Oc2ccc3c(c2)Cc2cc(OC(=O)c4ccc(OC(=O)OC(C)(C)C)cc4)ccc2-3)cc1. The molecule has 10 heteroatoms. The molecule has 4 aromatic rings. The topological polar surface area (TPSA) is 124 Å². The zero-order valence-corrected chi connectivity index (χ0v) is 25.9. The normalized spacial score (nSPS) is 11.6. The number of benzene rings is 4. The molecule has 0 bridgehead atoms. The number of fused-ring (bicyclic) bond motifs is 3. The van der Waals surface area contributed by atoms with Crippen molar-refractivity contribution < 1.29 is 47.6 Å². The van der Waals surface area contributed by atoms with Crippen LogP contribution in [0.4, 0.5) is 9.59 Å². The summed E-state index contributed by atoms with van der Waals surface area (Å²) < 4.78 is 31.5. The molecule has 46 heavy (non-hydrogen) atoms. The third-order valence-electron chi connectivity index (χ3n) is 6.55. The van der Waals surface area contributed by atoms with Crippen molar-refractivity contribution in [1.82, 2.24) is 0 Å². The predicted octanol–water partition coefficient (Wildman–Crippen LogP) is 7.93. The van der Waals surface area contributed by atoms with Crippen molar-refractivity contribution in [3.05, 3.63) is 107 Å². The van der Waals surface area contributed by atoms with Crippen molar-refractivity contribution in [1.29, 1.82) is 0 Å². The summed E-state index contributed by atoms with van der Waals surface area (Å²) in [6.07, 6.45) is -1.42. The molecule has 10 nitrogen and oxygen atoms in total. The first-order valence-electron chi connectivity index (χ1n) is 14.5. The van der Waals surface area contributed by atoms with E-state index in [1.54, 1.807) is 58.9 Å². The number of carbonyl (C=O) groups is 4. The summed E-state index contributed by atoms with van der Waals surface area (Å²) in [5, 5.41) is 0. The van der Waals surface area contributed by atoms with Crippen molar-refractivity contribution in [3.8, 4) is 34.1 Å². The van der Waals surface area contributed by atoms with E-state index in [-0.39, 0.29) is 28.7 Å². The summed E-state index contributed by atoms with van der Waals surface area (Å²) in [6, 6.07) is 22.7. The van der Waals surface area contributed by atoms with Gasteiger partial charge in [0, 0.05) is 0 Å². The molecule has 0 unspecified atom stereocenters. The average molecular weight is 625 g/mol. The summed E-state index contributed by atoms with van der Waals surface area (Å²) >= 11 is 0. The second kappa shape index (κ2) is 13.2. The lowest BCUT2D eigenvalue weighted by molar-refractivity contribution is 0.0205. The van der Waals surface area contributed by atoms with E-state index in [1.165, 1.54) is 48.5 Å². The highest BCUT2D eigenvalue weighted by molar-refractivity contribution is 5.92. The van der Waals surface area contributed by atoms with Crippen LogP contribution in [0.5, 0.6) is 23.0 Å². The second-order valence-electron chi connectivity index (χ2n) is 11.7. The first kappa shape index (κ1) is 31.8. The third kappa shape index (κ3) is 8.09. The molecule has 0 spiro atoms. The van der Waals surface area contributed by atoms with Gasteiger partial charge in [-0.05, 0) is 136 Å². The van der Waals surface area contributed by atoms with E-state index in [9.17, 15) is 19.2 Å². The van der Waals surface area contributed by atoms with Crippen LogP contribution in [0.2, 0.25) is 0 Å². The number of hydrogen-bond acceptors (Lipinski definition) is 10. The molecule has 0 amide bonds. The Bertz CT molecular complexity index is 1780. The van der Waals surface area contributed by atoms with Crippen molar-refractivity contribution in [2.75, 3.05) is 0 Å². The van der Waals surface area contributed by atoms with Crippen LogP contribution in [0.1, 0.15) is 66.5 Å². The van der Waals surface area contributed by atoms with Crippen LogP contribution < -0.4 is 18.9 Å². The van der Waals surface area contributed by atoms with Crippen molar-refractivity contribution in [2.45, 2.75) is 52.7 Å². The van der Waals surface area contributed by atoms with Gasteiger partial charge in [0.05, 0.1) is 17.2 Å². The first-order valence-corrected chi connectivity index (χ1v) is 14.5. The molecule has 0 aromatic heterocycles. The van der Waals surface area contributed by atoms with Gasteiger partial charge in [0.15, 0.2) is 0 Å². The van der Waals surface area contributed by atoms with E-state index in [2.05, 4.69) is 0 Å². The minimum Gasteiger partial charge on any atom is -0.431 e.